The van der Waals surface area contributed by atoms with Crippen LogP contribution in [0.1, 0.15) is 34.6 Å². The molecule has 1 aliphatic heterocycles. The molecule has 0 aliphatic carbocycles. The van der Waals surface area contributed by atoms with Crippen molar-refractivity contribution in [3.8, 4) is 0 Å². The van der Waals surface area contributed by atoms with Gasteiger partial charge in [0.2, 0.25) is 0 Å². The molecule has 2 nitrogen and oxygen atoms in total. The Labute approximate surface area is 82.7 Å². The summed E-state index contributed by atoms with van der Waals surface area (Å²) in [5.41, 5.74) is 0.422. The largest absolute Gasteiger partial charge is 0.311 e. The maximum atomic E-state index is 3.51. The Morgan fingerprint density at radius 2 is 1.92 bits per heavy atom. The van der Waals surface area contributed by atoms with Crippen molar-refractivity contribution in [3.05, 3.63) is 0 Å². The van der Waals surface area contributed by atoms with Crippen LogP contribution in [0.4, 0.5) is 0 Å². The van der Waals surface area contributed by atoms with Gasteiger partial charge in [0.25, 0.3) is 0 Å². The summed E-state index contributed by atoms with van der Waals surface area (Å²) in [6.07, 6.45) is 0. The fraction of sp³-hybridized carbons (Fsp3) is 1.00. The maximum absolute atomic E-state index is 3.51. The van der Waals surface area contributed by atoms with Gasteiger partial charge in [0, 0.05) is 31.7 Å². The number of piperazine rings is 1. The molecule has 0 aromatic heterocycles. The van der Waals surface area contributed by atoms with Crippen LogP contribution in [0.2, 0.25) is 0 Å². The summed E-state index contributed by atoms with van der Waals surface area (Å²) >= 11 is 0. The van der Waals surface area contributed by atoms with E-state index < -0.39 is 0 Å². The van der Waals surface area contributed by atoms with E-state index in [1.165, 1.54) is 13.1 Å². The van der Waals surface area contributed by atoms with Crippen LogP contribution in [0, 0.1) is 5.41 Å². The van der Waals surface area contributed by atoms with E-state index in [1.807, 2.05) is 0 Å². The van der Waals surface area contributed by atoms with E-state index in [0.29, 0.717) is 17.5 Å². The van der Waals surface area contributed by atoms with Crippen molar-refractivity contribution in [2.24, 2.45) is 5.41 Å². The minimum Gasteiger partial charge on any atom is -0.311 e. The van der Waals surface area contributed by atoms with E-state index in [0.717, 1.165) is 6.54 Å². The Hall–Kier alpha value is -0.0800. The zero-order valence-electron chi connectivity index (χ0n) is 9.72. The van der Waals surface area contributed by atoms with Gasteiger partial charge in [-0.2, -0.15) is 0 Å². The second-order valence-electron chi connectivity index (χ2n) is 5.65. The van der Waals surface area contributed by atoms with Crippen molar-refractivity contribution in [3.63, 3.8) is 0 Å². The molecule has 78 valence electrons. The average Bonchev–Trinajstić information content (AvgIpc) is 1.94. The SMILES string of the molecule is C[C@@H]1CN[C@@H](C)CN1CC(C)(C)C. The molecule has 2 heteroatoms. The summed E-state index contributed by atoms with van der Waals surface area (Å²) in [7, 11) is 0. The highest BCUT2D eigenvalue weighted by molar-refractivity contribution is 4.83. The molecule has 1 saturated heterocycles. The van der Waals surface area contributed by atoms with E-state index in [1.54, 1.807) is 0 Å². The number of hydrogen-bond acceptors (Lipinski definition) is 2. The summed E-state index contributed by atoms with van der Waals surface area (Å²) in [5.74, 6) is 0. The third-order valence-electron chi connectivity index (χ3n) is 2.57. The Balaban J connectivity index is 2.47. The zero-order chi connectivity index (χ0) is 10.1. The van der Waals surface area contributed by atoms with Gasteiger partial charge in [-0.1, -0.05) is 20.8 Å². The van der Waals surface area contributed by atoms with Crippen LogP contribution < -0.4 is 5.32 Å². The number of rotatable bonds is 1. The summed E-state index contributed by atoms with van der Waals surface area (Å²) in [6, 6.07) is 1.34. The van der Waals surface area contributed by atoms with Crippen LogP contribution in [0.25, 0.3) is 0 Å². The van der Waals surface area contributed by atoms with E-state index >= 15 is 0 Å². The van der Waals surface area contributed by atoms with Crippen molar-refractivity contribution in [2.45, 2.75) is 46.7 Å². The Morgan fingerprint density at radius 1 is 1.31 bits per heavy atom. The lowest BCUT2D eigenvalue weighted by atomic mass is 9.94. The van der Waals surface area contributed by atoms with E-state index in [9.17, 15) is 0 Å². The first-order chi connectivity index (χ1) is 5.88. The van der Waals surface area contributed by atoms with Crippen molar-refractivity contribution in [1.29, 1.82) is 0 Å². The molecular formula is C11H24N2. The van der Waals surface area contributed by atoms with E-state index in [-0.39, 0.29) is 0 Å². The van der Waals surface area contributed by atoms with Gasteiger partial charge in [0.05, 0.1) is 0 Å². The van der Waals surface area contributed by atoms with Gasteiger partial charge in [0.15, 0.2) is 0 Å². The summed E-state index contributed by atoms with van der Waals surface area (Å²) in [5, 5.41) is 3.51. The van der Waals surface area contributed by atoms with Crippen LogP contribution in [-0.4, -0.2) is 36.6 Å². The van der Waals surface area contributed by atoms with Crippen molar-refractivity contribution in [2.75, 3.05) is 19.6 Å². The molecule has 2 atom stereocenters. The van der Waals surface area contributed by atoms with Gasteiger partial charge in [-0.25, -0.2) is 0 Å². The van der Waals surface area contributed by atoms with Crippen LogP contribution in [0.3, 0.4) is 0 Å². The second-order valence-corrected chi connectivity index (χ2v) is 5.65. The molecular weight excluding hydrogens is 160 g/mol. The highest BCUT2D eigenvalue weighted by atomic mass is 15.2. The Kier molecular flexibility index (Phi) is 3.36. The molecule has 1 rings (SSSR count). The van der Waals surface area contributed by atoms with Crippen LogP contribution in [0.15, 0.2) is 0 Å². The van der Waals surface area contributed by atoms with Gasteiger partial charge in [-0.05, 0) is 19.3 Å². The predicted molar refractivity (Wildman–Crippen MR) is 58.0 cm³/mol. The molecule has 1 N–H and O–H groups in total. The number of hydrogen-bond donors (Lipinski definition) is 1. The quantitative estimate of drug-likeness (QED) is 0.667. The highest BCUT2D eigenvalue weighted by Crippen LogP contribution is 2.18. The maximum Gasteiger partial charge on any atom is 0.0193 e. The van der Waals surface area contributed by atoms with Gasteiger partial charge >= 0.3 is 0 Å². The third-order valence-corrected chi connectivity index (χ3v) is 2.57. The molecule has 0 spiro atoms. The first kappa shape index (κ1) is 11.0. The van der Waals surface area contributed by atoms with Crippen molar-refractivity contribution < 1.29 is 0 Å². The molecule has 1 heterocycles. The second kappa shape index (κ2) is 3.97. The molecule has 1 fully saturated rings. The highest BCUT2D eigenvalue weighted by Gasteiger charge is 2.25. The predicted octanol–water partition coefficient (Wildman–Crippen LogP) is 1.71. The first-order valence-corrected chi connectivity index (χ1v) is 5.36. The summed E-state index contributed by atoms with van der Waals surface area (Å²) in [4.78, 5) is 2.60. The van der Waals surface area contributed by atoms with Gasteiger partial charge in [-0.15, -0.1) is 0 Å². The Morgan fingerprint density at radius 3 is 2.46 bits per heavy atom. The number of nitrogens with zero attached hydrogens (tertiary/aromatic N) is 1. The van der Waals surface area contributed by atoms with Gasteiger partial charge < -0.3 is 5.32 Å². The van der Waals surface area contributed by atoms with Crippen molar-refractivity contribution >= 4 is 0 Å². The topological polar surface area (TPSA) is 15.3 Å². The van der Waals surface area contributed by atoms with Crippen molar-refractivity contribution in [1.82, 2.24) is 10.2 Å². The molecule has 0 saturated carbocycles. The molecule has 0 aromatic rings. The lowest BCUT2D eigenvalue weighted by Crippen LogP contribution is -2.55. The van der Waals surface area contributed by atoms with E-state index in [2.05, 4.69) is 44.8 Å². The molecule has 1 aliphatic rings. The average molecular weight is 184 g/mol. The summed E-state index contributed by atoms with van der Waals surface area (Å²) in [6.45, 7) is 15.0. The smallest absolute Gasteiger partial charge is 0.0193 e. The molecule has 0 amide bonds. The van der Waals surface area contributed by atoms with Gasteiger partial charge in [0.1, 0.15) is 0 Å². The minimum absolute atomic E-state index is 0.422. The molecule has 0 unspecified atom stereocenters. The van der Waals surface area contributed by atoms with Crippen LogP contribution in [-0.2, 0) is 0 Å². The molecule has 0 radical (unpaired) electrons. The standard InChI is InChI=1S/C11H24N2/c1-9-7-13(8-11(3,4)5)10(2)6-12-9/h9-10,12H,6-8H2,1-5H3/t9-,10+/m0/s1. The van der Waals surface area contributed by atoms with Gasteiger partial charge in [-0.3, -0.25) is 4.90 Å². The molecule has 0 aromatic carbocycles. The minimum atomic E-state index is 0.422. The van der Waals surface area contributed by atoms with Crippen LogP contribution in [0.5, 0.6) is 0 Å². The molecule has 0 bridgehead atoms. The lowest BCUT2D eigenvalue weighted by molar-refractivity contribution is 0.103. The third kappa shape index (κ3) is 3.65. The lowest BCUT2D eigenvalue weighted by Gasteiger charge is -2.40. The molecule has 13 heavy (non-hydrogen) atoms. The summed E-state index contributed by atoms with van der Waals surface area (Å²) < 4.78 is 0. The number of nitrogens with one attached hydrogen (secondary N) is 1. The monoisotopic (exact) mass is 184 g/mol. The zero-order valence-corrected chi connectivity index (χ0v) is 9.72. The fourth-order valence-electron chi connectivity index (χ4n) is 1.93. The Bertz CT molecular complexity index is 160. The normalized spacial score (nSPS) is 32.1. The van der Waals surface area contributed by atoms with Crippen LogP contribution >= 0.6 is 0 Å². The van der Waals surface area contributed by atoms with E-state index in [4.69, 9.17) is 0 Å². The first-order valence-electron chi connectivity index (χ1n) is 5.36. The fourth-order valence-corrected chi connectivity index (χ4v) is 1.93.